The van der Waals surface area contributed by atoms with Gasteiger partial charge in [0.15, 0.2) is 0 Å². The van der Waals surface area contributed by atoms with Crippen LogP contribution in [0.4, 0.5) is 5.82 Å². The minimum atomic E-state index is -1.03. The number of pyridine rings is 1. The molecule has 0 atom stereocenters. The van der Waals surface area contributed by atoms with Crippen LogP contribution >= 0.6 is 0 Å². The number of anilines is 1. The standard InChI is InChI=1S/C11H12N4O2/c1-15(2)10-4-3-7(6-12-10)8-5-9(11(16)17)14-13-8/h3-6H,1-2H3,(H,13,14)(H,16,17). The number of carboxylic acid groups (broad SMARTS) is 1. The van der Waals surface area contributed by atoms with Crippen LogP contribution in [-0.4, -0.2) is 40.4 Å². The van der Waals surface area contributed by atoms with Gasteiger partial charge in [-0.3, -0.25) is 5.10 Å². The van der Waals surface area contributed by atoms with E-state index in [1.165, 1.54) is 6.07 Å². The van der Waals surface area contributed by atoms with E-state index in [0.717, 1.165) is 11.4 Å². The van der Waals surface area contributed by atoms with Crippen LogP contribution in [0.1, 0.15) is 10.5 Å². The number of carbonyl (C=O) groups is 1. The molecule has 2 rings (SSSR count). The SMILES string of the molecule is CN(C)c1ccc(-c2cc(C(=O)O)[nH]n2)cn1. The van der Waals surface area contributed by atoms with Gasteiger partial charge in [0.05, 0.1) is 5.69 Å². The molecule has 0 aliphatic carbocycles. The van der Waals surface area contributed by atoms with Gasteiger partial charge in [-0.05, 0) is 18.2 Å². The number of nitrogens with one attached hydrogen (secondary N) is 1. The molecular formula is C11H12N4O2. The quantitative estimate of drug-likeness (QED) is 0.831. The first kappa shape index (κ1) is 11.1. The first-order chi connectivity index (χ1) is 8.08. The fourth-order valence-electron chi connectivity index (χ4n) is 1.38. The molecule has 0 saturated carbocycles. The average Bonchev–Trinajstić information content (AvgIpc) is 2.78. The first-order valence-corrected chi connectivity index (χ1v) is 5.00. The second-order valence-corrected chi connectivity index (χ2v) is 3.77. The molecule has 6 nitrogen and oxygen atoms in total. The molecule has 0 unspecified atom stereocenters. The zero-order chi connectivity index (χ0) is 12.4. The lowest BCUT2D eigenvalue weighted by atomic mass is 10.2. The van der Waals surface area contributed by atoms with Crippen LogP contribution in [0.5, 0.6) is 0 Å². The average molecular weight is 232 g/mol. The fraction of sp³-hybridized carbons (Fsp3) is 0.182. The van der Waals surface area contributed by atoms with E-state index >= 15 is 0 Å². The second-order valence-electron chi connectivity index (χ2n) is 3.77. The zero-order valence-electron chi connectivity index (χ0n) is 9.51. The van der Waals surface area contributed by atoms with E-state index in [-0.39, 0.29) is 5.69 Å². The number of rotatable bonds is 3. The van der Waals surface area contributed by atoms with Crippen LogP contribution in [0.25, 0.3) is 11.3 Å². The molecule has 0 fully saturated rings. The Morgan fingerprint density at radius 1 is 1.41 bits per heavy atom. The molecule has 0 amide bonds. The number of nitrogens with zero attached hydrogens (tertiary/aromatic N) is 3. The lowest BCUT2D eigenvalue weighted by Gasteiger charge is -2.10. The molecule has 2 aromatic rings. The molecule has 17 heavy (non-hydrogen) atoms. The van der Waals surface area contributed by atoms with Gasteiger partial charge < -0.3 is 10.0 Å². The molecule has 0 aromatic carbocycles. The van der Waals surface area contributed by atoms with Gasteiger partial charge in [-0.25, -0.2) is 9.78 Å². The minimum absolute atomic E-state index is 0.0664. The molecule has 2 heterocycles. The van der Waals surface area contributed by atoms with Crippen molar-refractivity contribution in [1.29, 1.82) is 0 Å². The topological polar surface area (TPSA) is 82.1 Å². The highest BCUT2D eigenvalue weighted by Gasteiger charge is 2.09. The van der Waals surface area contributed by atoms with E-state index in [4.69, 9.17) is 5.11 Å². The highest BCUT2D eigenvalue weighted by molar-refractivity contribution is 5.86. The van der Waals surface area contributed by atoms with Gasteiger partial charge in [0, 0.05) is 25.9 Å². The summed E-state index contributed by atoms with van der Waals surface area (Å²) in [5, 5.41) is 15.1. The van der Waals surface area contributed by atoms with Crippen LogP contribution < -0.4 is 4.90 Å². The number of aromatic nitrogens is 3. The van der Waals surface area contributed by atoms with Crippen molar-refractivity contribution >= 4 is 11.8 Å². The monoisotopic (exact) mass is 232 g/mol. The summed E-state index contributed by atoms with van der Waals surface area (Å²) in [6, 6.07) is 5.18. The van der Waals surface area contributed by atoms with Crippen LogP contribution in [0.3, 0.4) is 0 Å². The molecule has 6 heteroatoms. The van der Waals surface area contributed by atoms with E-state index in [9.17, 15) is 4.79 Å². The Balaban J connectivity index is 2.30. The Bertz CT molecular complexity index is 531. The van der Waals surface area contributed by atoms with E-state index in [0.29, 0.717) is 5.69 Å². The van der Waals surface area contributed by atoms with Crippen molar-refractivity contribution in [2.45, 2.75) is 0 Å². The van der Waals surface area contributed by atoms with Crippen molar-refractivity contribution in [1.82, 2.24) is 15.2 Å². The zero-order valence-corrected chi connectivity index (χ0v) is 9.51. The van der Waals surface area contributed by atoms with Crippen molar-refractivity contribution < 1.29 is 9.90 Å². The Kier molecular flexibility index (Phi) is 2.78. The number of hydrogen-bond acceptors (Lipinski definition) is 4. The number of hydrogen-bond donors (Lipinski definition) is 2. The second kappa shape index (κ2) is 4.25. The van der Waals surface area contributed by atoms with Crippen molar-refractivity contribution in [3.05, 3.63) is 30.1 Å². The fourth-order valence-corrected chi connectivity index (χ4v) is 1.38. The molecule has 0 spiro atoms. The minimum Gasteiger partial charge on any atom is -0.477 e. The molecule has 0 aliphatic heterocycles. The third kappa shape index (κ3) is 2.25. The van der Waals surface area contributed by atoms with Gasteiger partial charge in [-0.2, -0.15) is 5.10 Å². The Hall–Kier alpha value is -2.37. The molecule has 2 N–H and O–H groups in total. The maximum atomic E-state index is 10.7. The van der Waals surface area contributed by atoms with E-state index in [1.54, 1.807) is 6.20 Å². The van der Waals surface area contributed by atoms with Crippen LogP contribution in [-0.2, 0) is 0 Å². The van der Waals surface area contributed by atoms with Crippen LogP contribution in [0.2, 0.25) is 0 Å². The van der Waals surface area contributed by atoms with E-state index in [1.807, 2.05) is 31.1 Å². The van der Waals surface area contributed by atoms with Gasteiger partial charge >= 0.3 is 5.97 Å². The van der Waals surface area contributed by atoms with Gasteiger partial charge in [0.25, 0.3) is 0 Å². The van der Waals surface area contributed by atoms with Crippen molar-refractivity contribution in [3.63, 3.8) is 0 Å². The van der Waals surface area contributed by atoms with Crippen LogP contribution in [0, 0.1) is 0 Å². The molecular weight excluding hydrogens is 220 g/mol. The predicted octanol–water partition coefficient (Wildman–Crippen LogP) is 1.24. The van der Waals surface area contributed by atoms with Crippen molar-refractivity contribution in [2.75, 3.05) is 19.0 Å². The summed E-state index contributed by atoms with van der Waals surface area (Å²) in [5.41, 5.74) is 1.41. The number of carboxylic acids is 1. The van der Waals surface area contributed by atoms with E-state index < -0.39 is 5.97 Å². The smallest absolute Gasteiger partial charge is 0.353 e. The van der Waals surface area contributed by atoms with Gasteiger partial charge in [-0.1, -0.05) is 0 Å². The van der Waals surface area contributed by atoms with Gasteiger partial charge in [0.2, 0.25) is 0 Å². The number of H-pyrrole nitrogens is 1. The molecule has 0 radical (unpaired) electrons. The molecule has 0 bridgehead atoms. The van der Waals surface area contributed by atoms with Gasteiger partial charge in [0.1, 0.15) is 11.5 Å². The highest BCUT2D eigenvalue weighted by Crippen LogP contribution is 2.18. The third-order valence-electron chi connectivity index (χ3n) is 2.31. The van der Waals surface area contributed by atoms with Crippen LogP contribution in [0.15, 0.2) is 24.4 Å². The normalized spacial score (nSPS) is 10.2. The molecule has 2 aromatic heterocycles. The summed E-state index contributed by atoms with van der Waals surface area (Å²) < 4.78 is 0. The Morgan fingerprint density at radius 3 is 2.65 bits per heavy atom. The Morgan fingerprint density at radius 2 is 2.18 bits per heavy atom. The summed E-state index contributed by atoms with van der Waals surface area (Å²) >= 11 is 0. The molecule has 88 valence electrons. The highest BCUT2D eigenvalue weighted by atomic mass is 16.4. The third-order valence-corrected chi connectivity index (χ3v) is 2.31. The summed E-state index contributed by atoms with van der Waals surface area (Å²) in [4.78, 5) is 16.8. The van der Waals surface area contributed by atoms with Crippen molar-refractivity contribution in [3.8, 4) is 11.3 Å². The molecule has 0 aliphatic rings. The number of aromatic carboxylic acids is 1. The van der Waals surface area contributed by atoms with E-state index in [2.05, 4.69) is 15.2 Å². The molecule has 0 saturated heterocycles. The summed E-state index contributed by atoms with van der Waals surface area (Å²) in [6.07, 6.45) is 1.66. The lowest BCUT2D eigenvalue weighted by Crippen LogP contribution is -2.09. The van der Waals surface area contributed by atoms with Crippen molar-refractivity contribution in [2.24, 2.45) is 0 Å². The summed E-state index contributed by atoms with van der Waals surface area (Å²) in [6.45, 7) is 0. The maximum Gasteiger partial charge on any atom is 0.353 e. The Labute approximate surface area is 97.9 Å². The maximum absolute atomic E-state index is 10.7. The largest absolute Gasteiger partial charge is 0.477 e. The summed E-state index contributed by atoms with van der Waals surface area (Å²) in [5.74, 6) is -0.190. The number of aromatic amines is 1. The first-order valence-electron chi connectivity index (χ1n) is 5.00. The predicted molar refractivity (Wildman–Crippen MR) is 63.1 cm³/mol. The summed E-state index contributed by atoms with van der Waals surface area (Å²) in [7, 11) is 3.80. The van der Waals surface area contributed by atoms with Gasteiger partial charge in [-0.15, -0.1) is 0 Å². The lowest BCUT2D eigenvalue weighted by molar-refractivity contribution is 0.0690.